The summed E-state index contributed by atoms with van der Waals surface area (Å²) in [5.74, 6) is 0.283. The smallest absolute Gasteiger partial charge is 0.165 e. The Bertz CT molecular complexity index is 281. The minimum Gasteiger partial charge on any atom is -0.294 e. The van der Waals surface area contributed by atoms with Crippen molar-refractivity contribution in [3.05, 3.63) is 23.8 Å². The van der Waals surface area contributed by atoms with Gasteiger partial charge in [0.05, 0.1) is 0 Å². The summed E-state index contributed by atoms with van der Waals surface area (Å²) in [6, 6.07) is 0. The summed E-state index contributed by atoms with van der Waals surface area (Å²) in [5.41, 5.74) is 2.31. The van der Waals surface area contributed by atoms with Gasteiger partial charge in [0.2, 0.25) is 0 Å². The van der Waals surface area contributed by atoms with Gasteiger partial charge in [-0.15, -0.1) is 6.58 Å². The molecule has 0 spiro atoms. The van der Waals surface area contributed by atoms with Gasteiger partial charge in [-0.2, -0.15) is 0 Å². The molecule has 1 rings (SSSR count). The van der Waals surface area contributed by atoms with Crippen molar-refractivity contribution >= 4 is 5.78 Å². The zero-order valence-electron chi connectivity index (χ0n) is 8.98. The predicted molar refractivity (Wildman–Crippen MR) is 55.5 cm³/mol. The molecule has 72 valence electrons. The van der Waals surface area contributed by atoms with Crippen LogP contribution in [0.2, 0.25) is 0 Å². The lowest BCUT2D eigenvalue weighted by Crippen LogP contribution is -2.30. The highest BCUT2D eigenvalue weighted by atomic mass is 16.1. The summed E-state index contributed by atoms with van der Waals surface area (Å²) in [6.07, 6.45) is 2.68. The quantitative estimate of drug-likeness (QED) is 0.564. The van der Waals surface area contributed by atoms with Gasteiger partial charge >= 0.3 is 0 Å². The zero-order chi connectivity index (χ0) is 10.2. The van der Waals surface area contributed by atoms with Gasteiger partial charge in [-0.25, -0.2) is 0 Å². The van der Waals surface area contributed by atoms with Gasteiger partial charge in [0.25, 0.3) is 0 Å². The maximum absolute atomic E-state index is 11.7. The van der Waals surface area contributed by atoms with Crippen LogP contribution < -0.4 is 0 Å². The largest absolute Gasteiger partial charge is 0.294 e. The standard InChI is InChI=1S/C12H18O/c1-6-10-7-12(4,5)9(3)8(2)11(10)13/h6,10H,1,7H2,2-5H3. The SMILES string of the molecule is C=CC1CC(C)(C)C(C)=C(C)C1=O. The fourth-order valence-corrected chi connectivity index (χ4v) is 1.96. The fraction of sp³-hybridized carbons (Fsp3) is 0.583. The summed E-state index contributed by atoms with van der Waals surface area (Å²) >= 11 is 0. The Balaban J connectivity index is 3.15. The molecular formula is C12H18O. The van der Waals surface area contributed by atoms with E-state index in [0.29, 0.717) is 0 Å². The highest BCUT2D eigenvalue weighted by Crippen LogP contribution is 2.41. The van der Waals surface area contributed by atoms with E-state index in [9.17, 15) is 4.79 Å². The van der Waals surface area contributed by atoms with Crippen molar-refractivity contribution in [2.24, 2.45) is 11.3 Å². The third kappa shape index (κ3) is 1.60. The van der Waals surface area contributed by atoms with E-state index in [-0.39, 0.29) is 17.1 Å². The van der Waals surface area contributed by atoms with Crippen LogP contribution in [0, 0.1) is 11.3 Å². The van der Waals surface area contributed by atoms with Crippen LogP contribution in [-0.4, -0.2) is 5.78 Å². The van der Waals surface area contributed by atoms with Crippen molar-refractivity contribution in [1.29, 1.82) is 0 Å². The van der Waals surface area contributed by atoms with Gasteiger partial charge in [0.15, 0.2) is 5.78 Å². The maximum Gasteiger partial charge on any atom is 0.165 e. The van der Waals surface area contributed by atoms with Crippen LogP contribution in [0.4, 0.5) is 0 Å². The molecule has 1 nitrogen and oxygen atoms in total. The molecule has 1 atom stereocenters. The van der Waals surface area contributed by atoms with Gasteiger partial charge in [-0.3, -0.25) is 4.79 Å². The molecule has 0 bridgehead atoms. The maximum atomic E-state index is 11.7. The Morgan fingerprint density at radius 1 is 1.46 bits per heavy atom. The van der Waals surface area contributed by atoms with Crippen LogP contribution in [0.1, 0.15) is 34.1 Å². The number of hydrogen-bond acceptors (Lipinski definition) is 1. The Morgan fingerprint density at radius 3 is 2.46 bits per heavy atom. The molecule has 0 aromatic heterocycles. The van der Waals surface area contributed by atoms with E-state index >= 15 is 0 Å². The van der Waals surface area contributed by atoms with E-state index in [1.807, 2.05) is 6.92 Å². The average molecular weight is 178 g/mol. The van der Waals surface area contributed by atoms with E-state index in [4.69, 9.17) is 0 Å². The molecule has 1 heteroatoms. The number of rotatable bonds is 1. The van der Waals surface area contributed by atoms with Crippen LogP contribution in [0.5, 0.6) is 0 Å². The molecule has 0 saturated carbocycles. The van der Waals surface area contributed by atoms with Gasteiger partial charge in [0, 0.05) is 5.92 Å². The van der Waals surface area contributed by atoms with E-state index in [0.717, 1.165) is 12.0 Å². The highest BCUT2D eigenvalue weighted by molar-refractivity contribution is 5.99. The lowest BCUT2D eigenvalue weighted by molar-refractivity contribution is -0.119. The topological polar surface area (TPSA) is 17.1 Å². The van der Waals surface area contributed by atoms with E-state index in [1.54, 1.807) is 6.08 Å². The third-order valence-electron chi connectivity index (χ3n) is 3.30. The lowest BCUT2D eigenvalue weighted by Gasteiger charge is -2.35. The van der Waals surface area contributed by atoms with Crippen LogP contribution in [0.3, 0.4) is 0 Å². The zero-order valence-corrected chi connectivity index (χ0v) is 8.98. The first-order chi connectivity index (χ1) is 5.90. The molecule has 0 fully saturated rings. The van der Waals surface area contributed by atoms with Crippen LogP contribution >= 0.6 is 0 Å². The second-order valence-electron chi connectivity index (χ2n) is 4.54. The monoisotopic (exact) mass is 178 g/mol. The van der Waals surface area contributed by atoms with Gasteiger partial charge in [-0.1, -0.05) is 25.5 Å². The molecule has 1 aliphatic rings. The summed E-state index contributed by atoms with van der Waals surface area (Å²) in [7, 11) is 0. The summed E-state index contributed by atoms with van der Waals surface area (Å²) in [4.78, 5) is 11.7. The molecule has 0 amide bonds. The Hall–Kier alpha value is -0.850. The number of carbonyl (C=O) groups excluding carboxylic acids is 1. The number of Topliss-reactive ketones (excluding diaryl/α,β-unsaturated/α-hetero) is 1. The Kier molecular flexibility index (Phi) is 2.47. The van der Waals surface area contributed by atoms with Crippen molar-refractivity contribution < 1.29 is 4.79 Å². The second kappa shape index (κ2) is 3.13. The van der Waals surface area contributed by atoms with Crippen LogP contribution in [-0.2, 0) is 4.79 Å². The normalized spacial score (nSPS) is 27.7. The predicted octanol–water partition coefficient (Wildman–Crippen LogP) is 3.12. The number of allylic oxidation sites excluding steroid dienone is 3. The Labute approximate surface area is 80.5 Å². The first-order valence-corrected chi connectivity index (χ1v) is 4.75. The molecule has 0 N–H and O–H groups in total. The van der Waals surface area contributed by atoms with Crippen molar-refractivity contribution in [3.8, 4) is 0 Å². The summed E-state index contributed by atoms with van der Waals surface area (Å²) < 4.78 is 0. The van der Waals surface area contributed by atoms with Gasteiger partial charge in [0.1, 0.15) is 0 Å². The first kappa shape index (κ1) is 10.2. The highest BCUT2D eigenvalue weighted by Gasteiger charge is 2.34. The summed E-state index contributed by atoms with van der Waals surface area (Å²) in [5, 5.41) is 0. The van der Waals surface area contributed by atoms with Crippen molar-refractivity contribution in [1.82, 2.24) is 0 Å². The number of ketones is 1. The summed E-state index contributed by atoms with van der Waals surface area (Å²) in [6.45, 7) is 12.1. The van der Waals surface area contributed by atoms with Crippen molar-refractivity contribution in [2.45, 2.75) is 34.1 Å². The molecule has 0 saturated heterocycles. The molecule has 0 heterocycles. The lowest BCUT2D eigenvalue weighted by atomic mass is 9.68. The van der Waals surface area contributed by atoms with Crippen molar-refractivity contribution in [3.63, 3.8) is 0 Å². The van der Waals surface area contributed by atoms with E-state index in [2.05, 4.69) is 27.4 Å². The van der Waals surface area contributed by atoms with Crippen LogP contribution in [0.15, 0.2) is 23.8 Å². The van der Waals surface area contributed by atoms with Gasteiger partial charge in [-0.05, 0) is 31.3 Å². The number of hydrogen-bond donors (Lipinski definition) is 0. The average Bonchev–Trinajstić information content (AvgIpc) is 2.08. The minimum atomic E-state index is 0.0266. The van der Waals surface area contributed by atoms with Crippen molar-refractivity contribution in [2.75, 3.05) is 0 Å². The van der Waals surface area contributed by atoms with Crippen LogP contribution in [0.25, 0.3) is 0 Å². The third-order valence-corrected chi connectivity index (χ3v) is 3.30. The molecule has 0 aliphatic heterocycles. The first-order valence-electron chi connectivity index (χ1n) is 4.75. The molecule has 1 aliphatic carbocycles. The van der Waals surface area contributed by atoms with E-state index in [1.165, 1.54) is 5.57 Å². The molecule has 0 radical (unpaired) electrons. The molecule has 1 unspecified atom stereocenters. The fourth-order valence-electron chi connectivity index (χ4n) is 1.96. The molecular weight excluding hydrogens is 160 g/mol. The second-order valence-corrected chi connectivity index (χ2v) is 4.54. The van der Waals surface area contributed by atoms with Gasteiger partial charge < -0.3 is 0 Å². The minimum absolute atomic E-state index is 0.0266. The Morgan fingerprint density at radius 2 is 2.00 bits per heavy atom. The molecule has 0 aromatic carbocycles. The molecule has 0 aromatic rings. The van der Waals surface area contributed by atoms with E-state index < -0.39 is 0 Å². The number of carbonyl (C=O) groups is 1. The molecule has 13 heavy (non-hydrogen) atoms.